The van der Waals surface area contributed by atoms with E-state index in [1.807, 2.05) is 0 Å². The van der Waals surface area contributed by atoms with E-state index >= 15 is 0 Å². The molecule has 0 aromatic rings. The van der Waals surface area contributed by atoms with Gasteiger partial charge in [-0.3, -0.25) is 4.90 Å². The van der Waals surface area contributed by atoms with Crippen molar-refractivity contribution in [3.8, 4) is 0 Å². The number of aliphatic hydroxyl groups excluding tert-OH is 1. The highest BCUT2D eigenvalue weighted by atomic mass is 16.5. The van der Waals surface area contributed by atoms with Gasteiger partial charge in [-0.2, -0.15) is 0 Å². The molecule has 3 N–H and O–H groups in total. The predicted molar refractivity (Wildman–Crippen MR) is 58.6 cm³/mol. The molecule has 0 bridgehead atoms. The Morgan fingerprint density at radius 1 is 1.47 bits per heavy atom. The highest BCUT2D eigenvalue weighted by molar-refractivity contribution is 4.96. The van der Waals surface area contributed by atoms with Gasteiger partial charge in [0, 0.05) is 19.6 Å². The van der Waals surface area contributed by atoms with Crippen molar-refractivity contribution in [3.05, 3.63) is 0 Å². The maximum atomic E-state index is 9.05. The van der Waals surface area contributed by atoms with E-state index in [9.17, 15) is 0 Å². The highest BCUT2D eigenvalue weighted by Crippen LogP contribution is 2.49. The molecule has 88 valence electrons. The molecule has 1 aliphatic carbocycles. The normalized spacial score (nSPS) is 30.4. The van der Waals surface area contributed by atoms with Gasteiger partial charge in [-0.25, -0.2) is 0 Å². The zero-order valence-corrected chi connectivity index (χ0v) is 9.32. The number of hydrogen-bond donors (Lipinski definition) is 2. The Morgan fingerprint density at radius 3 is 2.87 bits per heavy atom. The lowest BCUT2D eigenvalue weighted by atomic mass is 10.0. The summed E-state index contributed by atoms with van der Waals surface area (Å²) in [6, 6.07) is 0. The maximum Gasteiger partial charge on any atom is 0.0932 e. The van der Waals surface area contributed by atoms with Gasteiger partial charge in [0.25, 0.3) is 0 Å². The fourth-order valence-electron chi connectivity index (χ4n) is 2.48. The van der Waals surface area contributed by atoms with Crippen molar-refractivity contribution in [1.82, 2.24) is 4.90 Å². The van der Waals surface area contributed by atoms with Gasteiger partial charge in [0.05, 0.1) is 19.3 Å². The van der Waals surface area contributed by atoms with Gasteiger partial charge in [-0.15, -0.1) is 0 Å². The molecule has 1 aliphatic heterocycles. The van der Waals surface area contributed by atoms with Crippen molar-refractivity contribution in [3.63, 3.8) is 0 Å². The number of rotatable bonds is 5. The third-order valence-electron chi connectivity index (χ3n) is 3.62. The minimum Gasteiger partial charge on any atom is -0.394 e. The summed E-state index contributed by atoms with van der Waals surface area (Å²) in [4.78, 5) is 2.42. The van der Waals surface area contributed by atoms with Crippen molar-refractivity contribution in [2.24, 2.45) is 11.1 Å². The van der Waals surface area contributed by atoms with Gasteiger partial charge < -0.3 is 15.6 Å². The van der Waals surface area contributed by atoms with Gasteiger partial charge in [-0.05, 0) is 31.2 Å². The Hall–Kier alpha value is -0.160. The Bertz CT molecular complexity index is 207. The van der Waals surface area contributed by atoms with Crippen molar-refractivity contribution in [2.75, 3.05) is 39.4 Å². The Labute approximate surface area is 91.4 Å². The van der Waals surface area contributed by atoms with Crippen molar-refractivity contribution < 1.29 is 9.84 Å². The van der Waals surface area contributed by atoms with Crippen molar-refractivity contribution in [2.45, 2.75) is 25.4 Å². The first kappa shape index (κ1) is 11.3. The van der Waals surface area contributed by atoms with E-state index in [1.165, 1.54) is 12.8 Å². The van der Waals surface area contributed by atoms with Crippen molar-refractivity contribution in [1.29, 1.82) is 0 Å². The molecule has 0 spiro atoms. The lowest BCUT2D eigenvalue weighted by Crippen LogP contribution is -2.46. The standard InChI is InChI=1S/C11H22N2O2/c12-4-3-11(1-2-11)9-13-5-6-15-10(7-13)8-14/h10,14H,1-9,12H2. The van der Waals surface area contributed by atoms with E-state index in [2.05, 4.69) is 4.90 Å². The number of nitrogens with zero attached hydrogens (tertiary/aromatic N) is 1. The zero-order valence-electron chi connectivity index (χ0n) is 9.32. The van der Waals surface area contributed by atoms with Crippen LogP contribution in [0.4, 0.5) is 0 Å². The molecule has 2 rings (SSSR count). The van der Waals surface area contributed by atoms with Crippen LogP contribution < -0.4 is 5.73 Å². The van der Waals surface area contributed by atoms with Crippen LogP contribution in [0.2, 0.25) is 0 Å². The summed E-state index contributed by atoms with van der Waals surface area (Å²) in [5.41, 5.74) is 6.14. The lowest BCUT2D eigenvalue weighted by Gasteiger charge is -2.34. The summed E-state index contributed by atoms with van der Waals surface area (Å²) >= 11 is 0. The van der Waals surface area contributed by atoms with E-state index in [0.29, 0.717) is 5.41 Å². The summed E-state index contributed by atoms with van der Waals surface area (Å²) in [6.07, 6.45) is 3.82. The average Bonchev–Trinajstić information content (AvgIpc) is 2.99. The molecule has 1 unspecified atom stereocenters. The second kappa shape index (κ2) is 4.78. The zero-order chi connectivity index (χ0) is 10.7. The number of nitrogens with two attached hydrogens (primary N) is 1. The predicted octanol–water partition coefficient (Wildman–Crippen LogP) is -0.191. The van der Waals surface area contributed by atoms with Crippen molar-refractivity contribution >= 4 is 0 Å². The molecule has 1 saturated carbocycles. The molecular formula is C11H22N2O2. The Morgan fingerprint density at radius 2 is 2.27 bits per heavy atom. The van der Waals surface area contributed by atoms with Gasteiger partial charge in [0.1, 0.15) is 0 Å². The fourth-order valence-corrected chi connectivity index (χ4v) is 2.48. The Balaban J connectivity index is 1.78. The molecule has 0 aromatic carbocycles. The second-order valence-corrected chi connectivity index (χ2v) is 4.95. The van der Waals surface area contributed by atoms with Crippen LogP contribution in [0.25, 0.3) is 0 Å². The molecule has 4 heteroatoms. The molecule has 0 aromatic heterocycles. The second-order valence-electron chi connectivity index (χ2n) is 4.95. The Kier molecular flexibility index (Phi) is 3.61. The van der Waals surface area contributed by atoms with Gasteiger partial charge in [-0.1, -0.05) is 0 Å². The number of morpholine rings is 1. The molecular weight excluding hydrogens is 192 g/mol. The maximum absolute atomic E-state index is 9.05. The largest absolute Gasteiger partial charge is 0.394 e. The highest BCUT2D eigenvalue weighted by Gasteiger charge is 2.43. The molecule has 1 saturated heterocycles. The SMILES string of the molecule is NCCC1(CN2CCOC(CO)C2)CC1. The van der Waals surface area contributed by atoms with E-state index in [-0.39, 0.29) is 12.7 Å². The number of hydrogen-bond acceptors (Lipinski definition) is 4. The summed E-state index contributed by atoms with van der Waals surface area (Å²) in [6.45, 7) is 4.72. The average molecular weight is 214 g/mol. The van der Waals surface area contributed by atoms with Crippen LogP contribution in [0.5, 0.6) is 0 Å². The van der Waals surface area contributed by atoms with Crippen LogP contribution in [0.3, 0.4) is 0 Å². The van der Waals surface area contributed by atoms with E-state index in [1.54, 1.807) is 0 Å². The van der Waals surface area contributed by atoms with Gasteiger partial charge >= 0.3 is 0 Å². The number of ether oxygens (including phenoxy) is 1. The monoisotopic (exact) mass is 214 g/mol. The topological polar surface area (TPSA) is 58.7 Å². The molecule has 0 amide bonds. The molecule has 2 fully saturated rings. The van der Waals surface area contributed by atoms with Crippen LogP contribution >= 0.6 is 0 Å². The number of aliphatic hydroxyl groups is 1. The van der Waals surface area contributed by atoms with Crippen LogP contribution in [-0.2, 0) is 4.74 Å². The summed E-state index contributed by atoms with van der Waals surface area (Å²) in [5, 5.41) is 9.05. The molecule has 1 heterocycles. The third kappa shape index (κ3) is 2.91. The molecule has 15 heavy (non-hydrogen) atoms. The van der Waals surface area contributed by atoms with Gasteiger partial charge in [0.15, 0.2) is 0 Å². The van der Waals surface area contributed by atoms with E-state index < -0.39 is 0 Å². The smallest absolute Gasteiger partial charge is 0.0932 e. The van der Waals surface area contributed by atoms with Crippen LogP contribution in [0.15, 0.2) is 0 Å². The summed E-state index contributed by atoms with van der Waals surface area (Å²) in [5.74, 6) is 0. The van der Waals surface area contributed by atoms with Gasteiger partial charge in [0.2, 0.25) is 0 Å². The first-order chi connectivity index (χ1) is 7.28. The van der Waals surface area contributed by atoms with Crippen LogP contribution in [0, 0.1) is 5.41 Å². The molecule has 2 aliphatic rings. The van der Waals surface area contributed by atoms with E-state index in [0.717, 1.165) is 39.2 Å². The quantitative estimate of drug-likeness (QED) is 0.666. The minimum atomic E-state index is 0.0208. The fraction of sp³-hybridized carbons (Fsp3) is 1.00. The van der Waals surface area contributed by atoms with Crippen LogP contribution in [0.1, 0.15) is 19.3 Å². The lowest BCUT2D eigenvalue weighted by molar-refractivity contribution is -0.0575. The summed E-state index contributed by atoms with van der Waals surface area (Å²) < 4.78 is 5.44. The molecule has 4 nitrogen and oxygen atoms in total. The molecule has 0 radical (unpaired) electrons. The molecule has 1 atom stereocenters. The first-order valence-electron chi connectivity index (χ1n) is 5.93. The van der Waals surface area contributed by atoms with Crippen LogP contribution in [-0.4, -0.2) is 55.5 Å². The third-order valence-corrected chi connectivity index (χ3v) is 3.62. The minimum absolute atomic E-state index is 0.0208. The summed E-state index contributed by atoms with van der Waals surface area (Å²) in [7, 11) is 0. The first-order valence-corrected chi connectivity index (χ1v) is 5.93. The van der Waals surface area contributed by atoms with E-state index in [4.69, 9.17) is 15.6 Å².